The molecule has 1 N–H and O–H groups in total. The van der Waals surface area contributed by atoms with Crippen molar-refractivity contribution in [1.29, 1.82) is 0 Å². The van der Waals surface area contributed by atoms with Crippen molar-refractivity contribution in [3.63, 3.8) is 0 Å². The lowest BCUT2D eigenvalue weighted by Gasteiger charge is -2.22. The lowest BCUT2D eigenvalue weighted by Crippen LogP contribution is -2.32. The molecule has 0 spiro atoms. The summed E-state index contributed by atoms with van der Waals surface area (Å²) in [6, 6.07) is 20.8. The highest BCUT2D eigenvalue weighted by Gasteiger charge is 2.25. The number of halogens is 1. The summed E-state index contributed by atoms with van der Waals surface area (Å²) < 4.78 is 7.13. The average Bonchev–Trinajstić information content (AvgIpc) is 3.44. The van der Waals surface area contributed by atoms with Gasteiger partial charge in [-0.05, 0) is 47.0 Å². The first kappa shape index (κ1) is 27.1. The van der Waals surface area contributed by atoms with Crippen molar-refractivity contribution in [3.05, 3.63) is 117 Å². The second-order valence-corrected chi connectivity index (χ2v) is 10.0. The minimum atomic E-state index is -0.786. The highest BCUT2D eigenvalue weighted by Crippen LogP contribution is 2.34. The first-order chi connectivity index (χ1) is 19.4. The van der Waals surface area contributed by atoms with Crippen LogP contribution in [-0.4, -0.2) is 33.2 Å². The number of ether oxygens (including phenoxy) is 1. The zero-order chi connectivity index (χ0) is 28.2. The molecule has 7 nitrogen and oxygen atoms in total. The second-order valence-electron chi connectivity index (χ2n) is 9.57. The predicted octanol–water partition coefficient (Wildman–Crippen LogP) is 6.24. The van der Waals surface area contributed by atoms with Crippen molar-refractivity contribution in [2.75, 3.05) is 7.11 Å². The summed E-state index contributed by atoms with van der Waals surface area (Å²) >= 11 is 6.28. The molecular weight excluding hydrogens is 526 g/mol. The highest BCUT2D eigenvalue weighted by atomic mass is 35.5. The van der Waals surface area contributed by atoms with Crippen molar-refractivity contribution in [2.24, 2.45) is 0 Å². The third kappa shape index (κ3) is 5.60. The van der Waals surface area contributed by atoms with Crippen LogP contribution in [0.4, 0.5) is 0 Å². The predicted molar refractivity (Wildman–Crippen MR) is 156 cm³/mol. The van der Waals surface area contributed by atoms with E-state index in [9.17, 15) is 14.4 Å². The van der Waals surface area contributed by atoms with E-state index in [1.54, 1.807) is 37.6 Å². The van der Waals surface area contributed by atoms with Crippen molar-refractivity contribution in [3.8, 4) is 16.9 Å². The number of aromatic nitrogens is 3. The number of Topliss-reactive ketones (excluding diaryl/α,β-unsaturated/α-hetero) is 2. The number of fused-ring (bicyclic) bond motifs is 1. The molecule has 0 saturated heterocycles. The Morgan fingerprint density at radius 3 is 2.55 bits per heavy atom. The molecule has 8 heteroatoms. The fourth-order valence-electron chi connectivity index (χ4n) is 4.93. The van der Waals surface area contributed by atoms with Crippen LogP contribution in [0.5, 0.6) is 5.75 Å². The van der Waals surface area contributed by atoms with Crippen molar-refractivity contribution in [1.82, 2.24) is 14.5 Å². The minimum absolute atomic E-state index is 0.0794. The molecule has 0 radical (unpaired) electrons. The lowest BCUT2D eigenvalue weighted by molar-refractivity contribution is -0.121. The van der Waals surface area contributed by atoms with E-state index in [4.69, 9.17) is 16.3 Å². The van der Waals surface area contributed by atoms with Gasteiger partial charge in [0.1, 0.15) is 5.75 Å². The van der Waals surface area contributed by atoms with E-state index < -0.39 is 6.04 Å². The minimum Gasteiger partial charge on any atom is -0.495 e. The van der Waals surface area contributed by atoms with Crippen LogP contribution in [0.1, 0.15) is 40.9 Å². The Balaban J connectivity index is 1.59. The van der Waals surface area contributed by atoms with Crippen LogP contribution in [0.3, 0.4) is 0 Å². The molecule has 202 valence electrons. The summed E-state index contributed by atoms with van der Waals surface area (Å²) in [7, 11) is 1.49. The fourth-order valence-corrected chi connectivity index (χ4v) is 5.11. The van der Waals surface area contributed by atoms with E-state index >= 15 is 0 Å². The third-order valence-corrected chi connectivity index (χ3v) is 7.23. The Hall–Kier alpha value is -4.49. The summed E-state index contributed by atoms with van der Waals surface area (Å²) in [5.41, 5.74) is 4.42. The lowest BCUT2D eigenvalue weighted by atomic mass is 9.95. The van der Waals surface area contributed by atoms with Crippen LogP contribution in [0.15, 0.2) is 90.1 Å². The van der Waals surface area contributed by atoms with Gasteiger partial charge in [0.05, 0.1) is 36.7 Å². The average molecular weight is 554 g/mol. The molecule has 0 aliphatic rings. The SMILES string of the molecule is CCC(=O)c1ccc(Cl)cc1-c1cc(=O)n(C(Cc2ccccc2)C(=O)Cc2ccc3nc[nH]c3c2)cc1OC. The van der Waals surface area contributed by atoms with E-state index in [0.717, 1.165) is 22.2 Å². The van der Waals surface area contributed by atoms with Gasteiger partial charge in [0.2, 0.25) is 0 Å². The molecule has 0 fully saturated rings. The van der Waals surface area contributed by atoms with Crippen LogP contribution >= 0.6 is 11.6 Å². The maximum Gasteiger partial charge on any atom is 0.252 e. The third-order valence-electron chi connectivity index (χ3n) is 7.00. The van der Waals surface area contributed by atoms with Crippen LogP contribution in [-0.2, 0) is 17.6 Å². The molecule has 1 atom stereocenters. The first-order valence-corrected chi connectivity index (χ1v) is 13.4. The molecule has 0 bridgehead atoms. The van der Waals surface area contributed by atoms with Crippen LogP contribution in [0.25, 0.3) is 22.2 Å². The van der Waals surface area contributed by atoms with Gasteiger partial charge >= 0.3 is 0 Å². The number of carbonyl (C=O) groups excluding carboxylic acids is 2. The monoisotopic (exact) mass is 553 g/mol. The van der Waals surface area contributed by atoms with Crippen LogP contribution in [0.2, 0.25) is 5.02 Å². The molecule has 3 aromatic carbocycles. The maximum absolute atomic E-state index is 13.8. The topological polar surface area (TPSA) is 94.0 Å². The summed E-state index contributed by atoms with van der Waals surface area (Å²) in [6.45, 7) is 1.78. The molecule has 0 aliphatic carbocycles. The zero-order valence-corrected chi connectivity index (χ0v) is 22.9. The maximum atomic E-state index is 13.8. The number of H-pyrrole nitrogens is 1. The van der Waals surface area contributed by atoms with Crippen LogP contribution in [0, 0.1) is 0 Å². The number of hydrogen-bond acceptors (Lipinski definition) is 5. The molecular formula is C32H28ClN3O4. The number of carbonyl (C=O) groups is 2. The number of methoxy groups -OCH3 is 1. The van der Waals surface area contributed by atoms with Gasteiger partial charge in [-0.3, -0.25) is 14.4 Å². The van der Waals surface area contributed by atoms with Crippen molar-refractivity contribution in [2.45, 2.75) is 32.2 Å². The Kier molecular flexibility index (Phi) is 7.94. The molecule has 2 heterocycles. The summed E-state index contributed by atoms with van der Waals surface area (Å²) in [5.74, 6) is 0.158. The number of nitrogens with one attached hydrogen (secondary N) is 1. The zero-order valence-electron chi connectivity index (χ0n) is 22.2. The van der Waals surface area contributed by atoms with Gasteiger partial charge in [-0.1, -0.05) is 54.9 Å². The highest BCUT2D eigenvalue weighted by molar-refractivity contribution is 6.31. The van der Waals surface area contributed by atoms with Crippen molar-refractivity contribution < 1.29 is 14.3 Å². The van der Waals surface area contributed by atoms with Gasteiger partial charge in [0.15, 0.2) is 11.6 Å². The normalized spacial score (nSPS) is 11.9. The Morgan fingerprint density at radius 2 is 1.80 bits per heavy atom. The van der Waals surface area contributed by atoms with Gasteiger partial charge in [0.25, 0.3) is 5.56 Å². The molecule has 0 saturated carbocycles. The van der Waals surface area contributed by atoms with Crippen LogP contribution < -0.4 is 10.3 Å². The number of rotatable bonds is 10. The quantitative estimate of drug-likeness (QED) is 0.207. The van der Waals surface area contributed by atoms with Gasteiger partial charge < -0.3 is 14.3 Å². The van der Waals surface area contributed by atoms with E-state index in [1.807, 2.05) is 48.5 Å². The Labute approximate surface area is 236 Å². The number of benzene rings is 3. The molecule has 0 amide bonds. The van der Waals surface area contributed by atoms with Gasteiger partial charge in [-0.25, -0.2) is 4.98 Å². The molecule has 1 unspecified atom stereocenters. The number of ketones is 2. The number of imidazole rings is 1. The Morgan fingerprint density at radius 1 is 1.00 bits per heavy atom. The summed E-state index contributed by atoms with van der Waals surface area (Å²) in [6.07, 6.45) is 3.92. The summed E-state index contributed by atoms with van der Waals surface area (Å²) in [4.78, 5) is 47.5. The molecule has 5 aromatic rings. The molecule has 2 aromatic heterocycles. The number of pyridine rings is 1. The summed E-state index contributed by atoms with van der Waals surface area (Å²) in [5, 5.41) is 0.431. The van der Waals surface area contributed by atoms with Crippen molar-refractivity contribution >= 4 is 34.2 Å². The van der Waals surface area contributed by atoms with E-state index in [1.165, 1.54) is 17.7 Å². The van der Waals surface area contributed by atoms with Gasteiger partial charge in [-0.2, -0.15) is 0 Å². The first-order valence-electron chi connectivity index (χ1n) is 13.0. The smallest absolute Gasteiger partial charge is 0.252 e. The molecule has 5 rings (SSSR count). The standard InChI is InChI=1S/C32H28ClN3O4/c1-3-29(37)23-11-10-22(33)16-24(23)25-17-32(39)36(18-31(25)40-2)28(14-20-7-5-4-6-8-20)30(38)15-21-9-12-26-27(13-21)35-19-34-26/h4-13,16-19,28H,3,14-15H2,1-2H3,(H,34,35). The van der Waals surface area contributed by atoms with E-state index in [2.05, 4.69) is 9.97 Å². The molecule has 0 aliphatic heterocycles. The number of hydrogen-bond donors (Lipinski definition) is 1. The fraction of sp³-hybridized carbons (Fsp3) is 0.188. The van der Waals surface area contributed by atoms with Gasteiger partial charge in [-0.15, -0.1) is 0 Å². The van der Waals surface area contributed by atoms with Gasteiger partial charge in [0, 0.05) is 41.5 Å². The largest absolute Gasteiger partial charge is 0.495 e. The Bertz CT molecular complexity index is 1760. The number of nitrogens with zero attached hydrogens (tertiary/aromatic N) is 2. The molecule has 40 heavy (non-hydrogen) atoms. The second kappa shape index (κ2) is 11.7. The number of aromatic amines is 1. The van der Waals surface area contributed by atoms with E-state index in [-0.39, 0.29) is 23.5 Å². The van der Waals surface area contributed by atoms with E-state index in [0.29, 0.717) is 40.3 Å².